The SMILES string of the molecule is O=C(O)N1CC2(CC(N3CCC(N4CCCC4c4ccon4)CC3)C2)C1. The Labute approximate surface area is 153 Å². The second-order valence-corrected chi connectivity index (χ2v) is 8.79. The van der Waals surface area contributed by atoms with Gasteiger partial charge >= 0.3 is 6.09 Å². The third-order valence-corrected chi connectivity index (χ3v) is 7.24. The largest absolute Gasteiger partial charge is 0.465 e. The number of likely N-dealkylation sites (tertiary alicyclic amines) is 3. The lowest BCUT2D eigenvalue weighted by molar-refractivity contribution is -0.102. The fraction of sp³-hybridized carbons (Fsp3) is 0.789. The number of nitrogens with zero attached hydrogens (tertiary/aromatic N) is 4. The number of carboxylic acid groups (broad SMARTS) is 1. The first-order valence-corrected chi connectivity index (χ1v) is 10.0. The minimum atomic E-state index is -0.757. The molecule has 1 aromatic rings. The molecule has 5 rings (SSSR count). The molecule has 4 heterocycles. The second kappa shape index (κ2) is 6.23. The molecule has 0 bridgehead atoms. The molecule has 1 aromatic heterocycles. The van der Waals surface area contributed by atoms with Crippen LogP contribution in [0.4, 0.5) is 4.79 Å². The first-order valence-electron chi connectivity index (χ1n) is 10.0. The van der Waals surface area contributed by atoms with E-state index in [-0.39, 0.29) is 0 Å². The summed E-state index contributed by atoms with van der Waals surface area (Å²) in [5, 5.41) is 13.2. The zero-order chi connectivity index (χ0) is 17.7. The van der Waals surface area contributed by atoms with Gasteiger partial charge in [-0.25, -0.2) is 4.79 Å². The van der Waals surface area contributed by atoms with Gasteiger partial charge in [0.2, 0.25) is 0 Å². The van der Waals surface area contributed by atoms with Gasteiger partial charge in [0.15, 0.2) is 0 Å². The van der Waals surface area contributed by atoms with Crippen LogP contribution < -0.4 is 0 Å². The van der Waals surface area contributed by atoms with Gasteiger partial charge in [-0.05, 0) is 58.2 Å². The van der Waals surface area contributed by atoms with Crippen molar-refractivity contribution in [1.29, 1.82) is 0 Å². The summed E-state index contributed by atoms with van der Waals surface area (Å²) in [6.45, 7) is 5.04. The standard InChI is InChI=1S/C19H28N4O3/c24-18(25)22-12-19(13-22)10-15(11-19)21-7-3-14(4-8-21)23-6-1-2-17(23)16-5-9-26-20-16/h5,9,14-15,17H,1-4,6-8,10-13H2,(H,24,25). The van der Waals surface area contributed by atoms with Crippen molar-refractivity contribution in [3.05, 3.63) is 18.0 Å². The fourth-order valence-electron chi connectivity index (χ4n) is 5.88. The van der Waals surface area contributed by atoms with Gasteiger partial charge in [0.25, 0.3) is 0 Å². The average Bonchev–Trinajstić information content (AvgIpc) is 3.23. The van der Waals surface area contributed by atoms with Crippen molar-refractivity contribution in [2.75, 3.05) is 32.7 Å². The van der Waals surface area contributed by atoms with Crippen molar-refractivity contribution in [3.8, 4) is 0 Å². The molecule has 1 N–H and O–H groups in total. The van der Waals surface area contributed by atoms with E-state index in [9.17, 15) is 4.79 Å². The van der Waals surface area contributed by atoms with Crippen LogP contribution in [0.15, 0.2) is 16.9 Å². The predicted molar refractivity (Wildman–Crippen MR) is 94.8 cm³/mol. The molecule has 1 atom stereocenters. The Kier molecular flexibility index (Phi) is 3.97. The van der Waals surface area contributed by atoms with Gasteiger partial charge in [0, 0.05) is 36.7 Å². The molecule has 7 heteroatoms. The molecule has 142 valence electrons. The van der Waals surface area contributed by atoms with Crippen LogP contribution in [0.1, 0.15) is 50.3 Å². The molecule has 1 unspecified atom stereocenters. The van der Waals surface area contributed by atoms with E-state index in [4.69, 9.17) is 9.63 Å². The monoisotopic (exact) mass is 360 g/mol. The second-order valence-electron chi connectivity index (χ2n) is 8.79. The molecule has 4 aliphatic rings. The van der Waals surface area contributed by atoms with E-state index in [2.05, 4.69) is 15.0 Å². The van der Waals surface area contributed by atoms with Crippen LogP contribution in [0, 0.1) is 5.41 Å². The van der Waals surface area contributed by atoms with E-state index in [1.54, 1.807) is 11.2 Å². The van der Waals surface area contributed by atoms with Gasteiger partial charge in [-0.3, -0.25) is 4.90 Å². The topological polar surface area (TPSA) is 73.1 Å². The van der Waals surface area contributed by atoms with Crippen LogP contribution in [0.2, 0.25) is 0 Å². The number of hydrogen-bond acceptors (Lipinski definition) is 5. The van der Waals surface area contributed by atoms with Crippen molar-refractivity contribution in [2.45, 2.75) is 56.7 Å². The maximum Gasteiger partial charge on any atom is 0.407 e. The molecular formula is C19H28N4O3. The number of aromatic nitrogens is 1. The lowest BCUT2D eigenvalue weighted by Crippen LogP contribution is -2.68. The number of rotatable bonds is 3. The Morgan fingerprint density at radius 1 is 1.15 bits per heavy atom. The zero-order valence-corrected chi connectivity index (χ0v) is 15.2. The van der Waals surface area contributed by atoms with Gasteiger partial charge in [-0.15, -0.1) is 0 Å². The molecule has 26 heavy (non-hydrogen) atoms. The molecule has 1 aliphatic carbocycles. The third kappa shape index (κ3) is 2.72. The lowest BCUT2D eigenvalue weighted by atomic mass is 9.60. The molecule has 0 aromatic carbocycles. The predicted octanol–water partition coefficient (Wildman–Crippen LogP) is 2.42. The van der Waals surface area contributed by atoms with Gasteiger partial charge < -0.3 is 19.4 Å². The smallest absolute Gasteiger partial charge is 0.407 e. The maximum atomic E-state index is 11.0. The summed E-state index contributed by atoms with van der Waals surface area (Å²) in [6.07, 6.45) is 8.22. The van der Waals surface area contributed by atoms with Crippen molar-refractivity contribution >= 4 is 6.09 Å². The van der Waals surface area contributed by atoms with E-state index in [1.165, 1.54) is 58.2 Å². The Bertz CT molecular complexity index is 642. The van der Waals surface area contributed by atoms with Gasteiger partial charge in [0.05, 0.1) is 6.04 Å². The Hall–Kier alpha value is -1.60. The van der Waals surface area contributed by atoms with Crippen LogP contribution in [0.25, 0.3) is 0 Å². The first-order chi connectivity index (χ1) is 12.6. The van der Waals surface area contributed by atoms with E-state index in [1.807, 2.05) is 6.07 Å². The number of hydrogen-bond donors (Lipinski definition) is 1. The molecule has 1 saturated carbocycles. The number of amides is 1. The summed E-state index contributed by atoms with van der Waals surface area (Å²) in [6, 6.07) is 3.80. The normalized spacial score (nSPS) is 30.5. The Balaban J connectivity index is 1.11. The third-order valence-electron chi connectivity index (χ3n) is 7.24. The molecule has 4 fully saturated rings. The summed E-state index contributed by atoms with van der Waals surface area (Å²) >= 11 is 0. The molecule has 1 spiro atoms. The highest BCUT2D eigenvalue weighted by atomic mass is 16.5. The summed E-state index contributed by atoms with van der Waals surface area (Å²) in [7, 11) is 0. The van der Waals surface area contributed by atoms with Gasteiger partial charge in [-0.2, -0.15) is 0 Å². The molecular weight excluding hydrogens is 332 g/mol. The van der Waals surface area contributed by atoms with Crippen molar-refractivity contribution in [3.63, 3.8) is 0 Å². The van der Waals surface area contributed by atoms with E-state index in [0.717, 1.165) is 18.8 Å². The summed E-state index contributed by atoms with van der Waals surface area (Å²) in [4.78, 5) is 17.8. The van der Waals surface area contributed by atoms with Crippen molar-refractivity contribution < 1.29 is 14.4 Å². The first kappa shape index (κ1) is 16.6. The maximum absolute atomic E-state index is 11.0. The minimum absolute atomic E-state index is 0.312. The fourth-order valence-corrected chi connectivity index (χ4v) is 5.88. The van der Waals surface area contributed by atoms with E-state index >= 15 is 0 Å². The summed E-state index contributed by atoms with van der Waals surface area (Å²) in [5.41, 5.74) is 1.41. The molecule has 0 radical (unpaired) electrons. The van der Waals surface area contributed by atoms with Gasteiger partial charge in [0.1, 0.15) is 12.0 Å². The quantitative estimate of drug-likeness (QED) is 0.892. The Morgan fingerprint density at radius 2 is 1.92 bits per heavy atom. The van der Waals surface area contributed by atoms with Crippen molar-refractivity contribution in [2.24, 2.45) is 5.41 Å². The molecule has 3 aliphatic heterocycles. The summed E-state index contributed by atoms with van der Waals surface area (Å²) < 4.78 is 5.07. The Morgan fingerprint density at radius 3 is 2.58 bits per heavy atom. The van der Waals surface area contributed by atoms with E-state index < -0.39 is 6.09 Å². The van der Waals surface area contributed by atoms with E-state index in [0.29, 0.717) is 23.5 Å². The highest BCUT2D eigenvalue weighted by Crippen LogP contribution is 2.50. The number of carbonyl (C=O) groups is 1. The van der Waals surface area contributed by atoms with Crippen LogP contribution >= 0.6 is 0 Å². The lowest BCUT2D eigenvalue weighted by Gasteiger charge is -2.61. The highest BCUT2D eigenvalue weighted by Gasteiger charge is 2.55. The van der Waals surface area contributed by atoms with Crippen LogP contribution in [0.5, 0.6) is 0 Å². The molecule has 3 saturated heterocycles. The highest BCUT2D eigenvalue weighted by molar-refractivity contribution is 5.66. The van der Waals surface area contributed by atoms with Crippen LogP contribution in [-0.2, 0) is 0 Å². The molecule has 1 amide bonds. The summed E-state index contributed by atoms with van der Waals surface area (Å²) in [5.74, 6) is 0. The van der Waals surface area contributed by atoms with Gasteiger partial charge in [-0.1, -0.05) is 5.16 Å². The molecule has 7 nitrogen and oxygen atoms in total. The average molecular weight is 360 g/mol. The zero-order valence-electron chi connectivity index (χ0n) is 15.2. The van der Waals surface area contributed by atoms with Crippen LogP contribution in [-0.4, -0.2) is 75.9 Å². The number of piperidine rings is 1. The van der Waals surface area contributed by atoms with Crippen molar-refractivity contribution in [1.82, 2.24) is 19.9 Å². The minimum Gasteiger partial charge on any atom is -0.465 e. The van der Waals surface area contributed by atoms with Crippen LogP contribution in [0.3, 0.4) is 0 Å².